The number of hydrogen-bond acceptors (Lipinski definition) is 2. The molecule has 0 fully saturated rings. The summed E-state index contributed by atoms with van der Waals surface area (Å²) in [6.07, 6.45) is 0. The highest BCUT2D eigenvalue weighted by Gasteiger charge is 2.16. The molecule has 0 unspecified atom stereocenters. The molecule has 0 aliphatic rings. The maximum absolute atomic E-state index is 13.0. The Labute approximate surface area is 124 Å². The molecule has 100 valence electrons. The van der Waals surface area contributed by atoms with E-state index < -0.39 is 11.7 Å². The van der Waals surface area contributed by atoms with Crippen LogP contribution in [0, 0.1) is 17.1 Å². The van der Waals surface area contributed by atoms with E-state index in [0.717, 1.165) is 12.1 Å². The van der Waals surface area contributed by atoms with Gasteiger partial charge in [-0.05, 0) is 30.3 Å². The van der Waals surface area contributed by atoms with Gasteiger partial charge in [0.2, 0.25) is 0 Å². The molecule has 20 heavy (non-hydrogen) atoms. The van der Waals surface area contributed by atoms with Crippen LogP contribution in [0.25, 0.3) is 0 Å². The highest BCUT2D eigenvalue weighted by Crippen LogP contribution is 2.26. The number of nitrogens with zero attached hydrogens (tertiary/aromatic N) is 1. The first-order valence-corrected chi connectivity index (χ1v) is 6.23. The lowest BCUT2D eigenvalue weighted by Crippen LogP contribution is -2.14. The molecule has 0 aliphatic carbocycles. The summed E-state index contributed by atoms with van der Waals surface area (Å²) in [6.45, 7) is 0. The van der Waals surface area contributed by atoms with Crippen LogP contribution in [-0.2, 0) is 0 Å². The Kier molecular flexibility index (Phi) is 4.23. The number of amides is 1. The number of carbonyl (C=O) groups is 1. The second-order valence-corrected chi connectivity index (χ2v) is 4.67. The zero-order chi connectivity index (χ0) is 14.7. The molecule has 0 saturated carbocycles. The number of anilines is 1. The van der Waals surface area contributed by atoms with Crippen molar-refractivity contribution >= 4 is 34.8 Å². The SMILES string of the molecule is N#Cc1cc(F)ccc1NC(=O)c1c(Cl)cccc1Cl. The lowest BCUT2D eigenvalue weighted by molar-refractivity contribution is 0.102. The Morgan fingerprint density at radius 2 is 1.85 bits per heavy atom. The van der Waals surface area contributed by atoms with Gasteiger partial charge in [-0.2, -0.15) is 5.26 Å². The Hall–Kier alpha value is -2.09. The maximum atomic E-state index is 13.0. The molecule has 3 nitrogen and oxygen atoms in total. The highest BCUT2D eigenvalue weighted by atomic mass is 35.5. The summed E-state index contributed by atoms with van der Waals surface area (Å²) in [5, 5.41) is 11.8. The van der Waals surface area contributed by atoms with Gasteiger partial charge in [0.15, 0.2) is 0 Å². The quantitative estimate of drug-likeness (QED) is 0.901. The lowest BCUT2D eigenvalue weighted by Gasteiger charge is -2.09. The standard InChI is InChI=1S/C14H7Cl2FN2O/c15-10-2-1-3-11(16)13(10)14(20)19-12-5-4-9(17)6-8(12)7-18/h1-6H,(H,19,20). The number of rotatable bonds is 2. The third-order valence-corrected chi connectivity index (χ3v) is 3.17. The van der Waals surface area contributed by atoms with Crippen molar-refractivity contribution in [3.8, 4) is 6.07 Å². The van der Waals surface area contributed by atoms with E-state index in [9.17, 15) is 9.18 Å². The predicted molar refractivity (Wildman–Crippen MR) is 75.5 cm³/mol. The summed E-state index contributed by atoms with van der Waals surface area (Å²) >= 11 is 11.8. The number of nitriles is 1. The van der Waals surface area contributed by atoms with Crippen molar-refractivity contribution in [2.45, 2.75) is 0 Å². The summed E-state index contributed by atoms with van der Waals surface area (Å²) < 4.78 is 13.0. The molecular formula is C14H7Cl2FN2O. The van der Waals surface area contributed by atoms with Gasteiger partial charge >= 0.3 is 0 Å². The second kappa shape index (κ2) is 5.91. The van der Waals surface area contributed by atoms with E-state index in [2.05, 4.69) is 5.32 Å². The largest absolute Gasteiger partial charge is 0.321 e. The van der Waals surface area contributed by atoms with Crippen LogP contribution in [0.15, 0.2) is 36.4 Å². The highest BCUT2D eigenvalue weighted by molar-refractivity contribution is 6.40. The number of carbonyl (C=O) groups excluding carboxylic acids is 1. The fourth-order valence-electron chi connectivity index (χ4n) is 1.62. The van der Waals surface area contributed by atoms with Crippen molar-refractivity contribution in [2.24, 2.45) is 0 Å². The molecule has 1 N–H and O–H groups in total. The minimum atomic E-state index is -0.566. The van der Waals surface area contributed by atoms with Crippen LogP contribution in [0.2, 0.25) is 10.0 Å². The van der Waals surface area contributed by atoms with E-state index in [0.29, 0.717) is 0 Å². The van der Waals surface area contributed by atoms with Crippen molar-refractivity contribution < 1.29 is 9.18 Å². The van der Waals surface area contributed by atoms with Crippen molar-refractivity contribution in [1.82, 2.24) is 0 Å². The van der Waals surface area contributed by atoms with E-state index in [1.165, 1.54) is 18.2 Å². The van der Waals surface area contributed by atoms with Crippen LogP contribution in [-0.4, -0.2) is 5.91 Å². The van der Waals surface area contributed by atoms with E-state index in [1.54, 1.807) is 12.1 Å². The van der Waals surface area contributed by atoms with Gasteiger partial charge < -0.3 is 5.32 Å². The van der Waals surface area contributed by atoms with Crippen molar-refractivity contribution in [2.75, 3.05) is 5.32 Å². The first kappa shape index (κ1) is 14.3. The number of halogens is 3. The molecule has 2 aromatic carbocycles. The number of nitrogens with one attached hydrogen (secondary N) is 1. The van der Waals surface area contributed by atoms with Gasteiger partial charge in [0.25, 0.3) is 5.91 Å². The topological polar surface area (TPSA) is 52.9 Å². The zero-order valence-corrected chi connectivity index (χ0v) is 11.5. The van der Waals surface area contributed by atoms with Gasteiger partial charge in [-0.1, -0.05) is 29.3 Å². The number of benzene rings is 2. The second-order valence-electron chi connectivity index (χ2n) is 3.85. The van der Waals surface area contributed by atoms with E-state index >= 15 is 0 Å². The molecule has 6 heteroatoms. The van der Waals surface area contributed by atoms with E-state index in [1.807, 2.05) is 0 Å². The van der Waals surface area contributed by atoms with Crippen molar-refractivity contribution in [1.29, 1.82) is 5.26 Å². The maximum Gasteiger partial charge on any atom is 0.258 e. The Morgan fingerprint density at radius 1 is 1.20 bits per heavy atom. The number of hydrogen-bond donors (Lipinski definition) is 1. The molecule has 0 radical (unpaired) electrons. The lowest BCUT2D eigenvalue weighted by atomic mass is 10.1. The molecule has 0 heterocycles. The van der Waals surface area contributed by atoms with Gasteiger partial charge in [-0.3, -0.25) is 4.79 Å². The molecule has 0 aromatic heterocycles. The predicted octanol–water partition coefficient (Wildman–Crippen LogP) is 4.26. The first-order valence-electron chi connectivity index (χ1n) is 5.48. The zero-order valence-electron chi connectivity index (χ0n) is 9.95. The average Bonchev–Trinajstić information content (AvgIpc) is 2.40. The molecule has 2 aromatic rings. The summed E-state index contributed by atoms with van der Waals surface area (Å²) in [6, 6.07) is 9.94. The van der Waals surface area contributed by atoms with Crippen LogP contribution < -0.4 is 5.32 Å². The van der Waals surface area contributed by atoms with Crippen LogP contribution in [0.1, 0.15) is 15.9 Å². The minimum absolute atomic E-state index is 0.0153. The summed E-state index contributed by atoms with van der Waals surface area (Å²) in [4.78, 5) is 12.1. The molecule has 0 bridgehead atoms. The van der Waals surface area contributed by atoms with E-state index in [4.69, 9.17) is 28.5 Å². The van der Waals surface area contributed by atoms with Gasteiger partial charge in [0.05, 0.1) is 26.9 Å². The molecule has 0 saturated heterocycles. The average molecular weight is 309 g/mol. The van der Waals surface area contributed by atoms with Crippen LogP contribution in [0.4, 0.5) is 10.1 Å². The van der Waals surface area contributed by atoms with Gasteiger partial charge in [0, 0.05) is 0 Å². The third-order valence-electron chi connectivity index (χ3n) is 2.54. The normalized spacial score (nSPS) is 9.90. The van der Waals surface area contributed by atoms with Gasteiger partial charge in [-0.15, -0.1) is 0 Å². The molecular weight excluding hydrogens is 302 g/mol. The third kappa shape index (κ3) is 2.90. The molecule has 0 atom stereocenters. The first-order chi connectivity index (χ1) is 9.52. The van der Waals surface area contributed by atoms with Crippen LogP contribution in [0.3, 0.4) is 0 Å². The fraction of sp³-hybridized carbons (Fsp3) is 0. The van der Waals surface area contributed by atoms with Crippen LogP contribution in [0.5, 0.6) is 0 Å². The molecule has 0 spiro atoms. The van der Waals surface area contributed by atoms with Gasteiger partial charge in [0.1, 0.15) is 11.9 Å². The van der Waals surface area contributed by atoms with Crippen molar-refractivity contribution in [3.63, 3.8) is 0 Å². The fourth-order valence-corrected chi connectivity index (χ4v) is 2.19. The monoisotopic (exact) mass is 308 g/mol. The summed E-state index contributed by atoms with van der Waals surface area (Å²) in [5.74, 6) is -1.13. The minimum Gasteiger partial charge on any atom is -0.321 e. The molecule has 1 amide bonds. The van der Waals surface area contributed by atoms with Crippen molar-refractivity contribution in [3.05, 3.63) is 63.4 Å². The van der Waals surface area contributed by atoms with E-state index in [-0.39, 0.29) is 26.9 Å². The summed E-state index contributed by atoms with van der Waals surface area (Å²) in [5.41, 5.74) is 0.306. The Balaban J connectivity index is 2.36. The van der Waals surface area contributed by atoms with Crippen LogP contribution >= 0.6 is 23.2 Å². The Bertz CT molecular complexity index is 705. The smallest absolute Gasteiger partial charge is 0.258 e. The summed E-state index contributed by atoms with van der Waals surface area (Å²) in [7, 11) is 0. The molecule has 0 aliphatic heterocycles. The molecule has 2 rings (SSSR count). The Morgan fingerprint density at radius 3 is 2.45 bits per heavy atom. The van der Waals surface area contributed by atoms with Gasteiger partial charge in [-0.25, -0.2) is 4.39 Å².